The fourth-order valence-corrected chi connectivity index (χ4v) is 3.45. The molecule has 1 aliphatic rings. The minimum absolute atomic E-state index is 0.178. The van der Waals surface area contributed by atoms with Gasteiger partial charge in [-0.25, -0.2) is 0 Å². The first-order valence-corrected chi connectivity index (χ1v) is 9.20. The van der Waals surface area contributed by atoms with E-state index in [4.69, 9.17) is 9.47 Å². The number of ether oxygens (including phenoxy) is 2. The van der Waals surface area contributed by atoms with Crippen molar-refractivity contribution in [2.24, 2.45) is 5.92 Å². The summed E-state index contributed by atoms with van der Waals surface area (Å²) in [6, 6.07) is 8.33. The van der Waals surface area contributed by atoms with Gasteiger partial charge in [-0.15, -0.1) is 0 Å². The molecular weight excluding hydrogens is 316 g/mol. The van der Waals surface area contributed by atoms with Gasteiger partial charge >= 0.3 is 0 Å². The Labute approximate surface area is 151 Å². The largest absolute Gasteiger partial charge is 0.497 e. The molecule has 0 aromatic heterocycles. The Hall–Kier alpha value is -1.59. The van der Waals surface area contributed by atoms with Crippen LogP contribution in [-0.2, 0) is 16.0 Å². The second-order valence-corrected chi connectivity index (χ2v) is 6.92. The van der Waals surface area contributed by atoms with Crippen LogP contribution < -0.4 is 4.74 Å². The van der Waals surface area contributed by atoms with E-state index in [1.165, 1.54) is 18.4 Å². The average Bonchev–Trinajstić information content (AvgIpc) is 2.65. The number of carbonyl (C=O) groups is 1. The van der Waals surface area contributed by atoms with Crippen LogP contribution in [0.2, 0.25) is 0 Å². The van der Waals surface area contributed by atoms with Gasteiger partial charge in [-0.2, -0.15) is 0 Å². The topological polar surface area (TPSA) is 42.0 Å². The average molecular weight is 348 g/mol. The summed E-state index contributed by atoms with van der Waals surface area (Å²) in [5, 5.41) is 0. The minimum atomic E-state index is 0.178. The number of amides is 1. The van der Waals surface area contributed by atoms with Gasteiger partial charge in [0.25, 0.3) is 0 Å². The van der Waals surface area contributed by atoms with Gasteiger partial charge in [0.2, 0.25) is 5.91 Å². The van der Waals surface area contributed by atoms with Crippen LogP contribution in [0.3, 0.4) is 0 Å². The number of hydrogen-bond acceptors (Lipinski definition) is 4. The van der Waals surface area contributed by atoms with Gasteiger partial charge in [-0.1, -0.05) is 12.1 Å². The number of hydrogen-bond donors (Lipinski definition) is 0. The van der Waals surface area contributed by atoms with E-state index in [1.807, 2.05) is 24.1 Å². The number of carbonyl (C=O) groups excluding carboxylic acids is 1. The maximum atomic E-state index is 12.0. The van der Waals surface area contributed by atoms with Crippen LogP contribution in [0.4, 0.5) is 0 Å². The van der Waals surface area contributed by atoms with Gasteiger partial charge in [0.15, 0.2) is 0 Å². The molecule has 25 heavy (non-hydrogen) atoms. The normalized spacial score (nSPS) is 18.1. The Morgan fingerprint density at radius 1 is 1.28 bits per heavy atom. The van der Waals surface area contributed by atoms with Crippen molar-refractivity contribution in [1.82, 2.24) is 9.80 Å². The molecule has 140 valence electrons. The number of likely N-dealkylation sites (tertiary alicyclic amines) is 1. The molecule has 1 amide bonds. The van der Waals surface area contributed by atoms with Gasteiger partial charge < -0.3 is 19.3 Å². The second kappa shape index (κ2) is 10.4. The molecule has 0 aliphatic carbocycles. The van der Waals surface area contributed by atoms with E-state index < -0.39 is 0 Å². The number of benzene rings is 1. The predicted octanol–water partition coefficient (Wildman–Crippen LogP) is 2.44. The van der Waals surface area contributed by atoms with Crippen molar-refractivity contribution in [2.75, 3.05) is 54.1 Å². The summed E-state index contributed by atoms with van der Waals surface area (Å²) in [6.45, 7) is 4.67. The first-order chi connectivity index (χ1) is 12.1. The third kappa shape index (κ3) is 6.67. The van der Waals surface area contributed by atoms with E-state index in [9.17, 15) is 4.79 Å². The van der Waals surface area contributed by atoms with E-state index >= 15 is 0 Å². The van der Waals surface area contributed by atoms with Crippen molar-refractivity contribution in [3.05, 3.63) is 29.8 Å². The van der Waals surface area contributed by atoms with E-state index in [2.05, 4.69) is 17.0 Å². The Balaban J connectivity index is 1.75. The molecule has 1 heterocycles. The van der Waals surface area contributed by atoms with Gasteiger partial charge in [-0.05, 0) is 49.4 Å². The molecule has 5 nitrogen and oxygen atoms in total. The number of rotatable bonds is 9. The molecular formula is C20H32N2O3. The smallest absolute Gasteiger partial charge is 0.224 e. The van der Waals surface area contributed by atoms with Gasteiger partial charge in [0, 0.05) is 33.8 Å². The molecule has 0 N–H and O–H groups in total. The maximum absolute atomic E-state index is 12.0. The number of piperidine rings is 1. The maximum Gasteiger partial charge on any atom is 0.224 e. The van der Waals surface area contributed by atoms with Crippen LogP contribution in [0, 0.1) is 5.92 Å². The summed E-state index contributed by atoms with van der Waals surface area (Å²) in [5.74, 6) is 1.65. The lowest BCUT2D eigenvalue weighted by molar-refractivity contribution is -0.131. The van der Waals surface area contributed by atoms with E-state index in [1.54, 1.807) is 14.2 Å². The lowest BCUT2D eigenvalue weighted by Gasteiger charge is -2.34. The Morgan fingerprint density at radius 3 is 2.72 bits per heavy atom. The molecule has 1 fully saturated rings. The van der Waals surface area contributed by atoms with Gasteiger partial charge in [0.05, 0.1) is 20.1 Å². The summed E-state index contributed by atoms with van der Waals surface area (Å²) >= 11 is 0. The Kier molecular flexibility index (Phi) is 8.22. The summed E-state index contributed by atoms with van der Waals surface area (Å²) in [5.41, 5.74) is 1.34. The lowest BCUT2D eigenvalue weighted by Crippen LogP contribution is -2.42. The highest BCUT2D eigenvalue weighted by Gasteiger charge is 2.22. The number of methoxy groups -OCH3 is 2. The van der Waals surface area contributed by atoms with E-state index in [0.717, 1.165) is 38.3 Å². The molecule has 1 atom stereocenters. The minimum Gasteiger partial charge on any atom is -0.497 e. The quantitative estimate of drug-likeness (QED) is 0.687. The third-order valence-electron chi connectivity index (χ3n) is 4.96. The molecule has 1 aromatic carbocycles. The molecule has 1 aliphatic heterocycles. The highest BCUT2D eigenvalue weighted by Crippen LogP contribution is 2.19. The molecule has 0 spiro atoms. The van der Waals surface area contributed by atoms with Crippen LogP contribution in [-0.4, -0.2) is 69.8 Å². The fraction of sp³-hybridized carbons (Fsp3) is 0.650. The zero-order valence-electron chi connectivity index (χ0n) is 15.9. The predicted molar refractivity (Wildman–Crippen MR) is 100.0 cm³/mol. The van der Waals surface area contributed by atoms with E-state index in [0.29, 0.717) is 18.9 Å². The van der Waals surface area contributed by atoms with Crippen LogP contribution in [0.5, 0.6) is 5.75 Å². The molecule has 1 saturated heterocycles. The zero-order chi connectivity index (χ0) is 18.1. The molecule has 0 unspecified atom stereocenters. The van der Waals surface area contributed by atoms with Crippen molar-refractivity contribution in [2.45, 2.75) is 25.7 Å². The van der Waals surface area contributed by atoms with Crippen molar-refractivity contribution >= 4 is 5.91 Å². The standard InChI is InChI=1S/C20H32N2O3/c1-21(20(23)11-14-24-2)15-18-5-4-12-22(16-18)13-10-17-6-8-19(25-3)9-7-17/h6-9,18H,4-5,10-16H2,1-3H3/t18-/m0/s1. The molecule has 0 radical (unpaired) electrons. The summed E-state index contributed by atoms with van der Waals surface area (Å²) in [4.78, 5) is 16.4. The monoisotopic (exact) mass is 348 g/mol. The van der Waals surface area contributed by atoms with Gasteiger partial charge in [-0.3, -0.25) is 4.79 Å². The van der Waals surface area contributed by atoms with Crippen LogP contribution >= 0.6 is 0 Å². The highest BCUT2D eigenvalue weighted by atomic mass is 16.5. The second-order valence-electron chi connectivity index (χ2n) is 6.92. The third-order valence-corrected chi connectivity index (χ3v) is 4.96. The van der Waals surface area contributed by atoms with Crippen molar-refractivity contribution in [3.63, 3.8) is 0 Å². The summed E-state index contributed by atoms with van der Waals surface area (Å²) in [6.07, 6.45) is 3.95. The summed E-state index contributed by atoms with van der Waals surface area (Å²) < 4.78 is 10.2. The van der Waals surface area contributed by atoms with Crippen molar-refractivity contribution in [3.8, 4) is 5.75 Å². The van der Waals surface area contributed by atoms with Crippen LogP contribution in [0.25, 0.3) is 0 Å². The number of nitrogens with zero attached hydrogens (tertiary/aromatic N) is 2. The lowest BCUT2D eigenvalue weighted by atomic mass is 9.97. The zero-order valence-corrected chi connectivity index (χ0v) is 15.9. The van der Waals surface area contributed by atoms with E-state index in [-0.39, 0.29) is 5.91 Å². The Morgan fingerprint density at radius 2 is 2.04 bits per heavy atom. The molecule has 2 rings (SSSR count). The Bertz CT molecular complexity index is 518. The fourth-order valence-electron chi connectivity index (χ4n) is 3.45. The molecule has 0 bridgehead atoms. The van der Waals surface area contributed by atoms with Gasteiger partial charge in [0.1, 0.15) is 5.75 Å². The van der Waals surface area contributed by atoms with Crippen molar-refractivity contribution < 1.29 is 14.3 Å². The van der Waals surface area contributed by atoms with Crippen LogP contribution in [0.1, 0.15) is 24.8 Å². The first-order valence-electron chi connectivity index (χ1n) is 9.20. The summed E-state index contributed by atoms with van der Waals surface area (Å²) in [7, 11) is 5.24. The molecule has 1 aromatic rings. The first kappa shape index (κ1) is 19.7. The molecule has 0 saturated carbocycles. The highest BCUT2D eigenvalue weighted by molar-refractivity contribution is 5.75. The molecule has 5 heteroatoms. The van der Waals surface area contributed by atoms with Crippen LogP contribution in [0.15, 0.2) is 24.3 Å². The SMILES string of the molecule is COCCC(=O)N(C)C[C@@H]1CCCN(CCc2ccc(OC)cc2)C1. The van der Waals surface area contributed by atoms with Crippen molar-refractivity contribution in [1.29, 1.82) is 0 Å².